The number of alkyl halides is 3. The van der Waals surface area contributed by atoms with Gasteiger partial charge in [0.25, 0.3) is 0 Å². The Labute approximate surface area is 152 Å². The topological polar surface area (TPSA) is 77.9 Å². The fraction of sp³-hybridized carbons (Fsp3) is 0.533. The van der Waals surface area contributed by atoms with Crippen LogP contribution in [0.4, 0.5) is 22.0 Å². The lowest BCUT2D eigenvalue weighted by Crippen LogP contribution is -2.53. The van der Waals surface area contributed by atoms with Crippen molar-refractivity contribution in [3.8, 4) is 0 Å². The van der Waals surface area contributed by atoms with Gasteiger partial charge in [0, 0.05) is 32.2 Å². The van der Waals surface area contributed by atoms with E-state index in [1.54, 1.807) is 0 Å². The number of hydrogen-bond donors (Lipinski definition) is 1. The third-order valence-electron chi connectivity index (χ3n) is 4.21. The molecular formula is C15H17F5N2O4S. The van der Waals surface area contributed by atoms with Crippen molar-refractivity contribution in [2.75, 3.05) is 26.2 Å². The van der Waals surface area contributed by atoms with E-state index in [2.05, 4.69) is 0 Å². The van der Waals surface area contributed by atoms with Crippen molar-refractivity contribution in [1.29, 1.82) is 0 Å². The second-order valence-corrected chi connectivity index (χ2v) is 8.21. The molecule has 1 fully saturated rings. The van der Waals surface area contributed by atoms with Crippen LogP contribution in [-0.4, -0.2) is 66.6 Å². The van der Waals surface area contributed by atoms with E-state index in [1.165, 1.54) is 0 Å². The van der Waals surface area contributed by atoms with Gasteiger partial charge in [-0.15, -0.1) is 0 Å². The van der Waals surface area contributed by atoms with Crippen molar-refractivity contribution in [3.05, 3.63) is 29.8 Å². The van der Waals surface area contributed by atoms with Crippen LogP contribution < -0.4 is 0 Å². The van der Waals surface area contributed by atoms with Crippen molar-refractivity contribution >= 4 is 15.9 Å². The number of carbonyl (C=O) groups is 1. The molecule has 1 aromatic carbocycles. The van der Waals surface area contributed by atoms with E-state index >= 15 is 0 Å². The van der Waals surface area contributed by atoms with Gasteiger partial charge in [-0.05, 0) is 19.1 Å². The standard InChI is InChI=1S/C15H17F5N2O4S/c1-14(24,15(18,19)20)9-13(23)21-4-6-22(7-5-21)27(25,26)12-3-2-10(16)8-11(12)17/h2-3,8,24H,4-7,9H2,1H3/t14-/m0/s1. The highest BCUT2D eigenvalue weighted by molar-refractivity contribution is 7.89. The molecule has 1 aliphatic rings. The summed E-state index contributed by atoms with van der Waals surface area (Å²) < 4.78 is 90.4. The summed E-state index contributed by atoms with van der Waals surface area (Å²) >= 11 is 0. The molecule has 1 aromatic rings. The molecule has 6 nitrogen and oxygen atoms in total. The van der Waals surface area contributed by atoms with E-state index in [-0.39, 0.29) is 26.2 Å². The van der Waals surface area contributed by atoms with Crippen LogP contribution in [0.3, 0.4) is 0 Å². The molecule has 0 aromatic heterocycles. The third kappa shape index (κ3) is 4.55. The molecule has 1 aliphatic heterocycles. The van der Waals surface area contributed by atoms with Crippen LogP contribution in [0.5, 0.6) is 0 Å². The van der Waals surface area contributed by atoms with Gasteiger partial charge in [-0.25, -0.2) is 17.2 Å². The molecule has 0 radical (unpaired) electrons. The predicted octanol–water partition coefficient (Wildman–Crippen LogP) is 1.50. The second-order valence-electron chi connectivity index (χ2n) is 6.31. The lowest BCUT2D eigenvalue weighted by atomic mass is 10.0. The molecule has 27 heavy (non-hydrogen) atoms. The molecule has 152 valence electrons. The lowest BCUT2D eigenvalue weighted by Gasteiger charge is -2.35. The molecule has 12 heteroatoms. The number of nitrogens with zero attached hydrogens (tertiary/aromatic N) is 2. The van der Waals surface area contributed by atoms with Crippen molar-refractivity contribution in [2.24, 2.45) is 0 Å². The van der Waals surface area contributed by atoms with Gasteiger partial charge in [0.15, 0.2) is 5.60 Å². The van der Waals surface area contributed by atoms with Crippen LogP contribution in [0.25, 0.3) is 0 Å². The van der Waals surface area contributed by atoms with Crippen molar-refractivity contribution in [2.45, 2.75) is 30.0 Å². The number of rotatable bonds is 4. The number of benzene rings is 1. The summed E-state index contributed by atoms with van der Waals surface area (Å²) in [5.74, 6) is -3.20. The summed E-state index contributed by atoms with van der Waals surface area (Å²) in [6.45, 7) is -0.537. The maximum atomic E-state index is 13.8. The Morgan fingerprint density at radius 1 is 1.15 bits per heavy atom. The molecule has 0 bridgehead atoms. The van der Waals surface area contributed by atoms with E-state index in [9.17, 15) is 40.3 Å². The Bertz CT molecular complexity index is 818. The molecule has 1 saturated heterocycles. The molecular weight excluding hydrogens is 399 g/mol. The van der Waals surface area contributed by atoms with Crippen LogP contribution in [0.1, 0.15) is 13.3 Å². The first-order chi connectivity index (χ1) is 12.3. The Kier molecular flexibility index (Phi) is 5.83. The molecule has 0 unspecified atom stereocenters. The summed E-state index contributed by atoms with van der Waals surface area (Å²) in [4.78, 5) is 12.2. The van der Waals surface area contributed by atoms with Gasteiger partial charge < -0.3 is 10.0 Å². The Morgan fingerprint density at radius 2 is 1.70 bits per heavy atom. The monoisotopic (exact) mass is 416 g/mol. The van der Waals surface area contributed by atoms with Gasteiger partial charge in [-0.3, -0.25) is 4.79 Å². The molecule has 1 atom stereocenters. The van der Waals surface area contributed by atoms with E-state index in [1.807, 2.05) is 0 Å². The van der Waals surface area contributed by atoms with Crippen LogP contribution in [0.15, 0.2) is 23.1 Å². The summed E-state index contributed by atoms with van der Waals surface area (Å²) in [6.07, 6.45) is -6.19. The molecule has 1 heterocycles. The molecule has 1 amide bonds. The van der Waals surface area contributed by atoms with Crippen molar-refractivity contribution in [3.63, 3.8) is 0 Å². The first-order valence-corrected chi connectivity index (χ1v) is 9.22. The van der Waals surface area contributed by atoms with Gasteiger partial charge in [-0.1, -0.05) is 0 Å². The smallest absolute Gasteiger partial charge is 0.380 e. The Balaban J connectivity index is 2.05. The summed E-state index contributed by atoms with van der Waals surface area (Å²) in [5, 5.41) is 9.38. The first-order valence-electron chi connectivity index (χ1n) is 7.78. The fourth-order valence-electron chi connectivity index (χ4n) is 2.51. The second kappa shape index (κ2) is 7.32. The number of amides is 1. The minimum atomic E-state index is -4.99. The van der Waals surface area contributed by atoms with E-state index in [0.717, 1.165) is 21.3 Å². The zero-order valence-corrected chi connectivity index (χ0v) is 14.9. The molecule has 0 spiro atoms. The SMILES string of the molecule is C[C@](O)(CC(=O)N1CCN(S(=O)(=O)c2ccc(F)cc2F)CC1)C(F)(F)F. The quantitative estimate of drug-likeness (QED) is 0.755. The van der Waals surface area contributed by atoms with Crippen LogP contribution in [0.2, 0.25) is 0 Å². The maximum absolute atomic E-state index is 13.8. The fourth-order valence-corrected chi connectivity index (χ4v) is 3.98. The van der Waals surface area contributed by atoms with Crippen LogP contribution in [0, 0.1) is 11.6 Å². The molecule has 2 rings (SSSR count). The highest BCUT2D eigenvalue weighted by Crippen LogP contribution is 2.33. The summed E-state index contributed by atoms with van der Waals surface area (Å²) in [6, 6.07) is 1.99. The van der Waals surface area contributed by atoms with E-state index in [0.29, 0.717) is 13.0 Å². The number of piperazine rings is 1. The van der Waals surface area contributed by atoms with Gasteiger partial charge in [0.1, 0.15) is 16.5 Å². The lowest BCUT2D eigenvalue weighted by molar-refractivity contribution is -0.254. The molecule has 1 N–H and O–H groups in total. The average Bonchev–Trinajstić information content (AvgIpc) is 2.53. The molecule has 0 aliphatic carbocycles. The van der Waals surface area contributed by atoms with Gasteiger partial charge in [-0.2, -0.15) is 17.5 Å². The normalized spacial score (nSPS) is 19.0. The minimum absolute atomic E-state index is 0.227. The highest BCUT2D eigenvalue weighted by atomic mass is 32.2. The van der Waals surface area contributed by atoms with Crippen molar-refractivity contribution in [1.82, 2.24) is 9.21 Å². The van der Waals surface area contributed by atoms with Gasteiger partial charge >= 0.3 is 6.18 Å². The third-order valence-corrected chi connectivity index (χ3v) is 6.14. The number of aliphatic hydroxyl groups is 1. The van der Waals surface area contributed by atoms with Gasteiger partial charge in [0.05, 0.1) is 6.42 Å². The van der Waals surface area contributed by atoms with Gasteiger partial charge in [0.2, 0.25) is 15.9 Å². The van der Waals surface area contributed by atoms with Crippen molar-refractivity contribution < 1.29 is 40.3 Å². The number of sulfonamides is 1. The number of hydrogen-bond acceptors (Lipinski definition) is 4. The largest absolute Gasteiger partial charge is 0.417 e. The molecule has 0 saturated carbocycles. The number of halogens is 5. The van der Waals surface area contributed by atoms with E-state index < -0.39 is 50.7 Å². The number of carbonyl (C=O) groups excluding carboxylic acids is 1. The zero-order chi connectivity index (χ0) is 20.6. The Morgan fingerprint density at radius 3 is 2.19 bits per heavy atom. The van der Waals surface area contributed by atoms with Crippen LogP contribution >= 0.6 is 0 Å². The zero-order valence-electron chi connectivity index (χ0n) is 14.1. The van der Waals surface area contributed by atoms with E-state index in [4.69, 9.17) is 0 Å². The summed E-state index contributed by atoms with van der Waals surface area (Å²) in [7, 11) is -4.29. The van der Waals surface area contributed by atoms with Crippen LogP contribution in [-0.2, 0) is 14.8 Å². The highest BCUT2D eigenvalue weighted by Gasteiger charge is 2.51. The minimum Gasteiger partial charge on any atom is -0.380 e. The predicted molar refractivity (Wildman–Crippen MR) is 83.0 cm³/mol. The average molecular weight is 416 g/mol. The Hall–Kier alpha value is -1.79. The summed E-state index contributed by atoms with van der Waals surface area (Å²) in [5.41, 5.74) is -3.20. The first kappa shape index (κ1) is 21.5. The maximum Gasteiger partial charge on any atom is 0.417 e.